The molecule has 0 amide bonds. The summed E-state index contributed by atoms with van der Waals surface area (Å²) in [7, 11) is 1.56. The summed E-state index contributed by atoms with van der Waals surface area (Å²) in [6.07, 6.45) is 1.64. The summed E-state index contributed by atoms with van der Waals surface area (Å²) >= 11 is 0. The molecule has 0 saturated carbocycles. The molecule has 0 atom stereocenters. The first kappa shape index (κ1) is 8.49. The first-order chi connectivity index (χ1) is 6.79. The van der Waals surface area contributed by atoms with Crippen LogP contribution in [0.2, 0.25) is 0 Å². The Balaban J connectivity index is 2.33. The number of H-pyrrole nitrogens is 1. The van der Waals surface area contributed by atoms with Crippen LogP contribution in [-0.4, -0.2) is 27.3 Å². The van der Waals surface area contributed by atoms with Crippen molar-refractivity contribution in [2.75, 3.05) is 12.8 Å². The number of nitrogens with one attached hydrogen (secondary N) is 1. The highest BCUT2D eigenvalue weighted by atomic mass is 16.5. The second kappa shape index (κ2) is 3.33. The van der Waals surface area contributed by atoms with Crippen molar-refractivity contribution in [3.05, 3.63) is 18.3 Å². The van der Waals surface area contributed by atoms with Crippen LogP contribution in [0.25, 0.3) is 11.4 Å². The lowest BCUT2D eigenvalue weighted by Crippen LogP contribution is -1.88. The van der Waals surface area contributed by atoms with Crippen LogP contribution >= 0.6 is 0 Å². The molecule has 0 unspecified atom stereocenters. The van der Waals surface area contributed by atoms with Crippen LogP contribution in [0, 0.1) is 0 Å². The number of ether oxygens (including phenoxy) is 1. The maximum Gasteiger partial charge on any atom is 0.239 e. The first-order valence-corrected chi connectivity index (χ1v) is 3.98. The lowest BCUT2D eigenvalue weighted by Gasteiger charge is -1.98. The number of nitrogens with two attached hydrogens (primary N) is 1. The second-order valence-corrected chi connectivity index (χ2v) is 2.63. The lowest BCUT2D eigenvalue weighted by molar-refractivity contribution is 0.398. The van der Waals surface area contributed by atoms with E-state index in [9.17, 15) is 0 Å². The van der Waals surface area contributed by atoms with Crippen molar-refractivity contribution in [1.29, 1.82) is 0 Å². The molecule has 2 heterocycles. The van der Waals surface area contributed by atoms with E-state index in [2.05, 4.69) is 20.2 Å². The van der Waals surface area contributed by atoms with Gasteiger partial charge in [-0.3, -0.25) is 5.10 Å². The van der Waals surface area contributed by atoms with Gasteiger partial charge in [0.1, 0.15) is 0 Å². The Morgan fingerprint density at radius 3 is 2.79 bits per heavy atom. The molecule has 0 bridgehead atoms. The fraction of sp³-hybridized carbons (Fsp3) is 0.125. The van der Waals surface area contributed by atoms with Crippen LogP contribution in [0.1, 0.15) is 0 Å². The molecule has 0 aromatic carbocycles. The Bertz CT molecular complexity index is 422. The van der Waals surface area contributed by atoms with Gasteiger partial charge in [-0.2, -0.15) is 4.98 Å². The molecule has 0 aliphatic rings. The Kier molecular flexibility index (Phi) is 2.02. The van der Waals surface area contributed by atoms with Crippen molar-refractivity contribution >= 4 is 5.95 Å². The third-order valence-corrected chi connectivity index (χ3v) is 1.72. The molecule has 0 aliphatic heterocycles. The minimum atomic E-state index is 0.218. The molecule has 3 N–H and O–H groups in total. The summed E-state index contributed by atoms with van der Waals surface area (Å²) in [5, 5.41) is 6.41. The van der Waals surface area contributed by atoms with Crippen LogP contribution in [0.15, 0.2) is 18.3 Å². The van der Waals surface area contributed by atoms with Gasteiger partial charge in [-0.15, -0.1) is 5.10 Å². The third-order valence-electron chi connectivity index (χ3n) is 1.72. The summed E-state index contributed by atoms with van der Waals surface area (Å²) in [6.45, 7) is 0. The van der Waals surface area contributed by atoms with E-state index in [0.29, 0.717) is 11.7 Å². The van der Waals surface area contributed by atoms with E-state index in [1.54, 1.807) is 19.4 Å². The monoisotopic (exact) mass is 191 g/mol. The summed E-state index contributed by atoms with van der Waals surface area (Å²) in [5.74, 6) is 1.37. The minimum absolute atomic E-state index is 0.218. The zero-order chi connectivity index (χ0) is 9.97. The zero-order valence-electron chi connectivity index (χ0n) is 7.56. The molecule has 6 nitrogen and oxygen atoms in total. The van der Waals surface area contributed by atoms with Gasteiger partial charge < -0.3 is 10.5 Å². The summed E-state index contributed by atoms with van der Waals surface area (Å²) in [5.41, 5.74) is 6.19. The van der Waals surface area contributed by atoms with Crippen LogP contribution in [0.3, 0.4) is 0 Å². The van der Waals surface area contributed by atoms with E-state index in [1.165, 1.54) is 0 Å². The highest BCUT2D eigenvalue weighted by Crippen LogP contribution is 2.16. The van der Waals surface area contributed by atoms with Crippen LogP contribution in [0.5, 0.6) is 5.88 Å². The maximum atomic E-state index is 5.37. The smallest absolute Gasteiger partial charge is 0.239 e. The maximum absolute atomic E-state index is 5.37. The molecule has 14 heavy (non-hydrogen) atoms. The number of pyridine rings is 1. The molecule has 0 radical (unpaired) electrons. The van der Waals surface area contributed by atoms with Gasteiger partial charge >= 0.3 is 0 Å². The van der Waals surface area contributed by atoms with Gasteiger partial charge in [0.2, 0.25) is 11.8 Å². The van der Waals surface area contributed by atoms with Gasteiger partial charge in [0.25, 0.3) is 0 Å². The molecule has 6 heteroatoms. The second-order valence-electron chi connectivity index (χ2n) is 2.63. The molecule has 72 valence electrons. The molecule has 0 saturated heterocycles. The Hall–Kier alpha value is -2.11. The van der Waals surface area contributed by atoms with Gasteiger partial charge in [-0.1, -0.05) is 0 Å². The Morgan fingerprint density at radius 1 is 1.43 bits per heavy atom. The zero-order valence-corrected chi connectivity index (χ0v) is 7.56. The van der Waals surface area contributed by atoms with Crippen molar-refractivity contribution in [3.63, 3.8) is 0 Å². The number of nitrogen functional groups attached to an aromatic ring is 1. The predicted molar refractivity (Wildman–Crippen MR) is 50.6 cm³/mol. The number of aromatic amines is 1. The SMILES string of the molecule is COc1ccc(-c2nc(N)n[nH]2)cn1. The van der Waals surface area contributed by atoms with Gasteiger partial charge in [0.15, 0.2) is 5.82 Å². The van der Waals surface area contributed by atoms with Gasteiger partial charge in [0.05, 0.1) is 7.11 Å². The van der Waals surface area contributed by atoms with Gasteiger partial charge in [0, 0.05) is 17.8 Å². The molecule has 2 rings (SSSR count). The highest BCUT2D eigenvalue weighted by molar-refractivity contribution is 5.54. The number of nitrogens with zero attached hydrogens (tertiary/aromatic N) is 3. The molecule has 0 spiro atoms. The van der Waals surface area contributed by atoms with Gasteiger partial charge in [-0.05, 0) is 6.07 Å². The molecule has 0 aliphatic carbocycles. The largest absolute Gasteiger partial charge is 0.481 e. The fourth-order valence-corrected chi connectivity index (χ4v) is 1.04. The normalized spacial score (nSPS) is 10.1. The minimum Gasteiger partial charge on any atom is -0.481 e. The number of hydrogen-bond donors (Lipinski definition) is 2. The number of methoxy groups -OCH3 is 1. The topological polar surface area (TPSA) is 89.7 Å². The van der Waals surface area contributed by atoms with Crippen molar-refractivity contribution < 1.29 is 4.74 Å². The molecule has 2 aromatic rings. The number of anilines is 1. The quantitative estimate of drug-likeness (QED) is 0.719. The molecular weight excluding hydrogens is 182 g/mol. The van der Waals surface area contributed by atoms with Crippen molar-refractivity contribution in [3.8, 4) is 17.3 Å². The van der Waals surface area contributed by atoms with E-state index < -0.39 is 0 Å². The summed E-state index contributed by atoms with van der Waals surface area (Å²) in [4.78, 5) is 8.00. The van der Waals surface area contributed by atoms with Crippen LogP contribution in [0.4, 0.5) is 5.95 Å². The van der Waals surface area contributed by atoms with Crippen molar-refractivity contribution in [1.82, 2.24) is 20.2 Å². The fourth-order valence-electron chi connectivity index (χ4n) is 1.04. The van der Waals surface area contributed by atoms with Crippen LogP contribution < -0.4 is 10.5 Å². The number of hydrogen-bond acceptors (Lipinski definition) is 5. The highest BCUT2D eigenvalue weighted by Gasteiger charge is 2.03. The van der Waals surface area contributed by atoms with E-state index in [1.807, 2.05) is 6.07 Å². The number of aromatic nitrogens is 4. The average molecular weight is 191 g/mol. The average Bonchev–Trinajstić information content (AvgIpc) is 2.65. The van der Waals surface area contributed by atoms with E-state index in [-0.39, 0.29) is 5.95 Å². The number of rotatable bonds is 2. The predicted octanol–water partition coefficient (Wildman–Crippen LogP) is 0.457. The first-order valence-electron chi connectivity index (χ1n) is 3.98. The Morgan fingerprint density at radius 2 is 2.29 bits per heavy atom. The third kappa shape index (κ3) is 1.49. The van der Waals surface area contributed by atoms with Crippen molar-refractivity contribution in [2.45, 2.75) is 0 Å². The van der Waals surface area contributed by atoms with E-state index in [4.69, 9.17) is 10.5 Å². The van der Waals surface area contributed by atoms with Gasteiger partial charge in [-0.25, -0.2) is 4.98 Å². The van der Waals surface area contributed by atoms with Crippen molar-refractivity contribution in [2.24, 2.45) is 0 Å². The molecule has 0 fully saturated rings. The summed E-state index contributed by atoms with van der Waals surface area (Å²) in [6, 6.07) is 3.57. The van der Waals surface area contributed by atoms with Crippen LogP contribution in [-0.2, 0) is 0 Å². The Labute approximate surface area is 80.1 Å². The van der Waals surface area contributed by atoms with E-state index >= 15 is 0 Å². The molecule has 2 aromatic heterocycles. The summed E-state index contributed by atoms with van der Waals surface area (Å²) < 4.78 is 4.93. The standard InChI is InChI=1S/C8H9N5O/c1-14-6-3-2-5(4-10-6)7-11-8(9)13-12-7/h2-4H,1H3,(H3,9,11,12,13). The molecular formula is C8H9N5O. The van der Waals surface area contributed by atoms with E-state index in [0.717, 1.165) is 5.56 Å². The lowest BCUT2D eigenvalue weighted by atomic mass is 10.3.